The Bertz CT molecular complexity index is 517. The van der Waals surface area contributed by atoms with Gasteiger partial charge in [-0.15, -0.1) is 11.3 Å². The summed E-state index contributed by atoms with van der Waals surface area (Å²) in [5.41, 5.74) is 6.39. The van der Waals surface area contributed by atoms with Gasteiger partial charge in [0.25, 0.3) is 5.91 Å². The molecule has 2 rings (SSSR count). The third-order valence-corrected chi connectivity index (χ3v) is 3.68. The zero-order chi connectivity index (χ0) is 12.4. The van der Waals surface area contributed by atoms with Crippen LogP contribution >= 0.6 is 11.3 Å². The fraction of sp³-hybridized carbons (Fsp3) is 0.333. The van der Waals surface area contributed by atoms with E-state index >= 15 is 0 Å². The molecule has 0 aliphatic heterocycles. The molecule has 0 spiro atoms. The highest BCUT2D eigenvalue weighted by molar-refractivity contribution is 7.13. The summed E-state index contributed by atoms with van der Waals surface area (Å²) in [6, 6.07) is 3.88. The molecule has 2 heterocycles. The molecule has 17 heavy (non-hydrogen) atoms. The monoisotopic (exact) mass is 250 g/mol. The summed E-state index contributed by atoms with van der Waals surface area (Å²) in [5, 5.41) is 5.76. The van der Waals surface area contributed by atoms with Gasteiger partial charge < -0.3 is 10.3 Å². The zero-order valence-electron chi connectivity index (χ0n) is 9.77. The fourth-order valence-electron chi connectivity index (χ4n) is 1.72. The third-order valence-electron chi connectivity index (χ3n) is 2.81. The summed E-state index contributed by atoms with van der Waals surface area (Å²) in [5.74, 6) is 0.329. The van der Waals surface area contributed by atoms with Gasteiger partial charge in [0, 0.05) is 5.56 Å². The average Bonchev–Trinajstić information content (AvgIpc) is 2.95. The Balaban J connectivity index is 2.57. The van der Waals surface area contributed by atoms with Crippen molar-refractivity contribution in [3.05, 3.63) is 28.8 Å². The highest BCUT2D eigenvalue weighted by atomic mass is 32.1. The van der Waals surface area contributed by atoms with Crippen LogP contribution < -0.4 is 5.73 Å². The summed E-state index contributed by atoms with van der Waals surface area (Å²) >= 11 is 1.56. The van der Waals surface area contributed by atoms with E-state index in [1.54, 1.807) is 11.3 Å². The Kier molecular flexibility index (Phi) is 3.28. The summed E-state index contributed by atoms with van der Waals surface area (Å²) in [6.07, 6.45) is 0.903. The number of aromatic nitrogens is 1. The van der Waals surface area contributed by atoms with E-state index in [4.69, 9.17) is 10.3 Å². The number of carbonyl (C=O) groups is 1. The maximum atomic E-state index is 11.3. The van der Waals surface area contributed by atoms with Crippen LogP contribution in [0.15, 0.2) is 22.0 Å². The first-order chi connectivity index (χ1) is 8.15. The normalized spacial score (nSPS) is 12.6. The van der Waals surface area contributed by atoms with Gasteiger partial charge in [-0.05, 0) is 23.8 Å². The largest absolute Gasteiger partial charge is 0.364 e. The van der Waals surface area contributed by atoms with Crippen molar-refractivity contribution in [1.29, 1.82) is 0 Å². The molecule has 1 amide bonds. The first kappa shape index (κ1) is 11.9. The van der Waals surface area contributed by atoms with Gasteiger partial charge in [-0.1, -0.05) is 25.1 Å². The molecule has 0 saturated carbocycles. The van der Waals surface area contributed by atoms with Crippen LogP contribution in [0.4, 0.5) is 0 Å². The minimum absolute atomic E-state index is 0.195. The average molecular weight is 250 g/mol. The second-order valence-corrected chi connectivity index (χ2v) is 4.87. The van der Waals surface area contributed by atoms with E-state index in [0.717, 1.165) is 16.9 Å². The van der Waals surface area contributed by atoms with E-state index < -0.39 is 5.91 Å². The lowest BCUT2D eigenvalue weighted by Gasteiger charge is -2.08. The van der Waals surface area contributed by atoms with Gasteiger partial charge in [0.05, 0.1) is 4.88 Å². The molecule has 0 radical (unpaired) electrons. The van der Waals surface area contributed by atoms with E-state index in [1.165, 1.54) is 0 Å². The summed E-state index contributed by atoms with van der Waals surface area (Å²) in [4.78, 5) is 12.3. The molecular weight excluding hydrogens is 236 g/mol. The molecule has 0 bridgehead atoms. The van der Waals surface area contributed by atoms with Crippen molar-refractivity contribution in [2.75, 3.05) is 0 Å². The molecule has 4 nitrogen and oxygen atoms in total. The number of nitrogens with two attached hydrogens (primary N) is 1. The lowest BCUT2D eigenvalue weighted by molar-refractivity contribution is 0.0990. The molecule has 0 fully saturated rings. The van der Waals surface area contributed by atoms with Crippen LogP contribution in [0.25, 0.3) is 10.6 Å². The van der Waals surface area contributed by atoms with Gasteiger partial charge in [0.1, 0.15) is 0 Å². The molecule has 0 saturated heterocycles. The van der Waals surface area contributed by atoms with Crippen molar-refractivity contribution >= 4 is 17.2 Å². The predicted octanol–water partition coefficient (Wildman–Crippen LogP) is 3.02. The van der Waals surface area contributed by atoms with Crippen molar-refractivity contribution in [3.63, 3.8) is 0 Å². The van der Waals surface area contributed by atoms with Crippen LogP contribution in [-0.2, 0) is 0 Å². The van der Waals surface area contributed by atoms with E-state index in [2.05, 4.69) is 12.1 Å². The van der Waals surface area contributed by atoms with E-state index in [1.807, 2.05) is 24.4 Å². The van der Waals surface area contributed by atoms with Crippen LogP contribution in [0.1, 0.15) is 42.2 Å². The van der Waals surface area contributed by atoms with Gasteiger partial charge >= 0.3 is 0 Å². The Hall–Kier alpha value is -1.62. The SMILES string of the molecule is CCC(C)c1c(C(N)=O)noc1-c1cccs1. The number of hydrogen-bond donors (Lipinski definition) is 1. The van der Waals surface area contributed by atoms with Gasteiger partial charge in [-0.25, -0.2) is 0 Å². The Labute approximate surface area is 103 Å². The van der Waals surface area contributed by atoms with Gasteiger partial charge in [0.2, 0.25) is 0 Å². The van der Waals surface area contributed by atoms with Crippen LogP contribution in [0.2, 0.25) is 0 Å². The van der Waals surface area contributed by atoms with Crippen LogP contribution in [0.5, 0.6) is 0 Å². The van der Waals surface area contributed by atoms with Crippen LogP contribution in [0.3, 0.4) is 0 Å². The number of hydrogen-bond acceptors (Lipinski definition) is 4. The van der Waals surface area contributed by atoms with Gasteiger partial charge in [-0.2, -0.15) is 0 Å². The van der Waals surface area contributed by atoms with Crippen molar-refractivity contribution in [3.8, 4) is 10.6 Å². The quantitative estimate of drug-likeness (QED) is 0.906. The zero-order valence-corrected chi connectivity index (χ0v) is 10.6. The maximum absolute atomic E-state index is 11.3. The lowest BCUT2D eigenvalue weighted by atomic mass is 9.95. The number of nitrogens with zero attached hydrogens (tertiary/aromatic N) is 1. The molecule has 2 N–H and O–H groups in total. The molecule has 90 valence electrons. The third kappa shape index (κ3) is 2.10. The van der Waals surface area contributed by atoms with Crippen molar-refractivity contribution in [2.45, 2.75) is 26.2 Å². The Morgan fingerprint density at radius 2 is 2.41 bits per heavy atom. The number of rotatable bonds is 4. The summed E-state index contributed by atoms with van der Waals surface area (Å²) < 4.78 is 5.28. The standard InChI is InChI=1S/C12H14N2O2S/c1-3-7(2)9-10(12(13)15)14-16-11(9)8-5-4-6-17-8/h4-7H,3H2,1-2H3,(H2,13,15). The maximum Gasteiger partial charge on any atom is 0.271 e. The molecule has 0 aliphatic carbocycles. The van der Waals surface area contributed by atoms with Crippen LogP contribution in [0, 0.1) is 0 Å². The molecule has 5 heteroatoms. The molecule has 0 aliphatic rings. The predicted molar refractivity (Wildman–Crippen MR) is 67.0 cm³/mol. The Morgan fingerprint density at radius 1 is 1.65 bits per heavy atom. The molecule has 2 aromatic rings. The van der Waals surface area contributed by atoms with Gasteiger partial charge in [-0.3, -0.25) is 4.79 Å². The Morgan fingerprint density at radius 3 is 2.94 bits per heavy atom. The minimum atomic E-state index is -0.535. The van der Waals surface area contributed by atoms with Crippen LogP contribution in [-0.4, -0.2) is 11.1 Å². The highest BCUT2D eigenvalue weighted by Crippen LogP contribution is 2.35. The highest BCUT2D eigenvalue weighted by Gasteiger charge is 2.25. The number of amides is 1. The molecular formula is C12H14N2O2S. The molecule has 1 unspecified atom stereocenters. The van der Waals surface area contributed by atoms with Gasteiger partial charge in [0.15, 0.2) is 11.5 Å². The number of thiophene rings is 1. The lowest BCUT2D eigenvalue weighted by Crippen LogP contribution is -2.14. The van der Waals surface area contributed by atoms with E-state index in [-0.39, 0.29) is 11.6 Å². The molecule has 2 aromatic heterocycles. The topological polar surface area (TPSA) is 69.1 Å². The van der Waals surface area contributed by atoms with Crippen molar-refractivity contribution in [1.82, 2.24) is 5.16 Å². The van der Waals surface area contributed by atoms with Crippen molar-refractivity contribution in [2.24, 2.45) is 5.73 Å². The summed E-state index contributed by atoms with van der Waals surface area (Å²) in [7, 11) is 0. The smallest absolute Gasteiger partial charge is 0.271 e. The fourth-order valence-corrected chi connectivity index (χ4v) is 2.44. The number of carbonyl (C=O) groups excluding carboxylic acids is 1. The van der Waals surface area contributed by atoms with Crippen molar-refractivity contribution < 1.29 is 9.32 Å². The minimum Gasteiger partial charge on any atom is -0.364 e. The first-order valence-electron chi connectivity index (χ1n) is 5.48. The van der Waals surface area contributed by atoms with E-state index in [0.29, 0.717) is 5.76 Å². The summed E-state index contributed by atoms with van der Waals surface area (Å²) in [6.45, 7) is 4.09. The number of primary amides is 1. The second-order valence-electron chi connectivity index (χ2n) is 3.92. The first-order valence-corrected chi connectivity index (χ1v) is 6.36. The second kappa shape index (κ2) is 4.71. The molecule has 1 atom stereocenters. The molecule has 0 aromatic carbocycles. The van der Waals surface area contributed by atoms with E-state index in [9.17, 15) is 4.79 Å².